The number of benzene rings is 2. The predicted molar refractivity (Wildman–Crippen MR) is 93.6 cm³/mol. The molecule has 5 heteroatoms. The van der Waals surface area contributed by atoms with E-state index >= 15 is 0 Å². The van der Waals surface area contributed by atoms with Gasteiger partial charge in [0.1, 0.15) is 18.9 Å². The number of ketones is 1. The molecular weight excluding hydrogens is 304 g/mol. The standard InChI is InChI=1S/C19H22N2O3/c1-15(22)16-8-10-17(11-9-16)20-19(23)14-21(2)12-13-24-18-6-4-3-5-7-18/h3-11H,12-14H2,1-2H3,(H,20,23)/p+1. The van der Waals surface area contributed by atoms with Gasteiger partial charge in [-0.3, -0.25) is 9.59 Å². The van der Waals surface area contributed by atoms with Crippen LogP contribution in [0.1, 0.15) is 17.3 Å². The maximum atomic E-state index is 12.0. The maximum Gasteiger partial charge on any atom is 0.279 e. The molecule has 2 aromatic carbocycles. The number of carbonyl (C=O) groups excluding carboxylic acids is 2. The highest BCUT2D eigenvalue weighted by Gasteiger charge is 2.10. The monoisotopic (exact) mass is 327 g/mol. The minimum Gasteiger partial charge on any atom is -0.488 e. The first-order valence-corrected chi connectivity index (χ1v) is 7.94. The molecule has 2 aromatic rings. The topological polar surface area (TPSA) is 59.8 Å². The SMILES string of the molecule is CC(=O)c1ccc(NC(=O)C[NH+](C)CCOc2ccccc2)cc1. The lowest BCUT2D eigenvalue weighted by Gasteiger charge is -2.14. The average Bonchev–Trinajstić information content (AvgIpc) is 2.56. The third kappa shape index (κ3) is 5.85. The van der Waals surface area contributed by atoms with Crippen LogP contribution >= 0.6 is 0 Å². The highest BCUT2D eigenvalue weighted by molar-refractivity contribution is 5.95. The predicted octanol–water partition coefficient (Wildman–Crippen LogP) is 1.42. The van der Waals surface area contributed by atoms with E-state index in [1.165, 1.54) is 6.92 Å². The van der Waals surface area contributed by atoms with Gasteiger partial charge in [-0.1, -0.05) is 18.2 Å². The van der Waals surface area contributed by atoms with Crippen molar-refractivity contribution in [3.63, 3.8) is 0 Å². The first-order valence-electron chi connectivity index (χ1n) is 7.94. The fourth-order valence-corrected chi connectivity index (χ4v) is 2.22. The van der Waals surface area contributed by atoms with Gasteiger partial charge in [0.25, 0.3) is 5.91 Å². The largest absolute Gasteiger partial charge is 0.488 e. The van der Waals surface area contributed by atoms with Crippen LogP contribution in [0.3, 0.4) is 0 Å². The number of Topliss-reactive ketones (excluding diaryl/α,β-unsaturated/α-hetero) is 1. The van der Waals surface area contributed by atoms with Crippen molar-refractivity contribution in [3.8, 4) is 5.75 Å². The minimum atomic E-state index is -0.0669. The normalized spacial score (nSPS) is 11.6. The Labute approximate surface area is 142 Å². The van der Waals surface area contributed by atoms with Gasteiger partial charge in [-0.05, 0) is 43.3 Å². The molecule has 1 amide bonds. The van der Waals surface area contributed by atoms with Crippen molar-refractivity contribution >= 4 is 17.4 Å². The van der Waals surface area contributed by atoms with Crippen LogP contribution in [0.5, 0.6) is 5.75 Å². The van der Waals surface area contributed by atoms with Crippen LogP contribution in [0.4, 0.5) is 5.69 Å². The van der Waals surface area contributed by atoms with Gasteiger partial charge in [-0.2, -0.15) is 0 Å². The Bertz CT molecular complexity index is 669. The van der Waals surface area contributed by atoms with E-state index < -0.39 is 0 Å². The van der Waals surface area contributed by atoms with Crippen molar-refractivity contribution in [1.82, 2.24) is 0 Å². The van der Waals surface area contributed by atoms with Crippen LogP contribution < -0.4 is 15.0 Å². The number of nitrogens with one attached hydrogen (secondary N) is 2. The third-order valence-corrected chi connectivity index (χ3v) is 3.58. The van der Waals surface area contributed by atoms with Crippen molar-refractivity contribution in [2.75, 3.05) is 32.1 Å². The number of rotatable bonds is 8. The summed E-state index contributed by atoms with van der Waals surface area (Å²) >= 11 is 0. The van der Waals surface area contributed by atoms with E-state index in [1.54, 1.807) is 24.3 Å². The highest BCUT2D eigenvalue weighted by atomic mass is 16.5. The number of anilines is 1. The van der Waals surface area contributed by atoms with Gasteiger partial charge in [0.15, 0.2) is 12.3 Å². The molecule has 2 N–H and O–H groups in total. The first kappa shape index (κ1) is 17.7. The number of quaternary nitrogens is 1. The Morgan fingerprint density at radius 3 is 2.33 bits per heavy atom. The van der Waals surface area contributed by atoms with Crippen molar-refractivity contribution in [1.29, 1.82) is 0 Å². The lowest BCUT2D eigenvalue weighted by atomic mass is 10.1. The molecule has 0 aliphatic heterocycles. The summed E-state index contributed by atoms with van der Waals surface area (Å²) in [6.45, 7) is 3.15. The van der Waals surface area contributed by atoms with Crippen LogP contribution in [0.2, 0.25) is 0 Å². The van der Waals surface area contributed by atoms with Crippen molar-refractivity contribution in [3.05, 3.63) is 60.2 Å². The van der Waals surface area contributed by atoms with E-state index in [0.29, 0.717) is 24.4 Å². The molecule has 24 heavy (non-hydrogen) atoms. The summed E-state index contributed by atoms with van der Waals surface area (Å²) in [5.41, 5.74) is 1.33. The fraction of sp³-hybridized carbons (Fsp3) is 0.263. The zero-order valence-corrected chi connectivity index (χ0v) is 14.0. The Morgan fingerprint density at radius 1 is 1.04 bits per heavy atom. The minimum absolute atomic E-state index is 0.00969. The quantitative estimate of drug-likeness (QED) is 0.721. The molecule has 0 aliphatic carbocycles. The number of carbonyl (C=O) groups is 2. The van der Waals surface area contributed by atoms with Gasteiger partial charge in [0.05, 0.1) is 7.05 Å². The molecule has 0 bridgehead atoms. The molecule has 0 aromatic heterocycles. The fourth-order valence-electron chi connectivity index (χ4n) is 2.22. The van der Waals surface area contributed by atoms with Gasteiger partial charge >= 0.3 is 0 Å². The summed E-state index contributed by atoms with van der Waals surface area (Å²) < 4.78 is 5.63. The molecule has 0 fully saturated rings. The summed E-state index contributed by atoms with van der Waals surface area (Å²) in [5.74, 6) is 0.776. The van der Waals surface area contributed by atoms with E-state index in [-0.39, 0.29) is 11.7 Å². The van der Waals surface area contributed by atoms with Crippen LogP contribution in [-0.2, 0) is 4.79 Å². The number of amides is 1. The molecule has 0 heterocycles. The zero-order valence-electron chi connectivity index (χ0n) is 14.0. The van der Waals surface area contributed by atoms with E-state index in [0.717, 1.165) is 17.2 Å². The second-order valence-corrected chi connectivity index (χ2v) is 5.73. The van der Waals surface area contributed by atoms with Gasteiger partial charge < -0.3 is 15.0 Å². The van der Waals surface area contributed by atoms with Gasteiger partial charge in [-0.25, -0.2) is 0 Å². The summed E-state index contributed by atoms with van der Waals surface area (Å²) in [6, 6.07) is 16.5. The Hall–Kier alpha value is -2.66. The lowest BCUT2D eigenvalue weighted by Crippen LogP contribution is -3.10. The highest BCUT2D eigenvalue weighted by Crippen LogP contribution is 2.09. The molecule has 0 saturated carbocycles. The smallest absolute Gasteiger partial charge is 0.279 e. The first-order chi connectivity index (χ1) is 11.5. The van der Waals surface area contributed by atoms with Crippen LogP contribution in [0, 0.1) is 0 Å². The number of ether oxygens (including phenoxy) is 1. The molecule has 0 saturated heterocycles. The van der Waals surface area contributed by atoms with E-state index in [2.05, 4.69) is 5.32 Å². The van der Waals surface area contributed by atoms with Gasteiger partial charge in [0, 0.05) is 11.3 Å². The van der Waals surface area contributed by atoms with Crippen LogP contribution in [0.15, 0.2) is 54.6 Å². The number of hydrogen-bond acceptors (Lipinski definition) is 3. The number of likely N-dealkylation sites (N-methyl/N-ethyl adjacent to an activating group) is 1. The molecule has 1 unspecified atom stereocenters. The second-order valence-electron chi connectivity index (χ2n) is 5.73. The van der Waals surface area contributed by atoms with Crippen LogP contribution in [-0.4, -0.2) is 38.4 Å². The summed E-state index contributed by atoms with van der Waals surface area (Å²) in [7, 11) is 1.95. The Morgan fingerprint density at radius 2 is 1.71 bits per heavy atom. The summed E-state index contributed by atoms with van der Waals surface area (Å²) in [6.07, 6.45) is 0. The molecule has 0 radical (unpaired) electrons. The number of hydrogen-bond donors (Lipinski definition) is 2. The summed E-state index contributed by atoms with van der Waals surface area (Å²) in [5, 5.41) is 2.84. The van der Waals surface area contributed by atoms with E-state index in [4.69, 9.17) is 4.74 Å². The second kappa shape index (κ2) is 8.84. The molecule has 126 valence electrons. The molecule has 0 spiro atoms. The Balaban J connectivity index is 1.72. The van der Waals surface area contributed by atoms with Gasteiger partial charge in [-0.15, -0.1) is 0 Å². The molecular formula is C19H23N2O3+. The summed E-state index contributed by atoms with van der Waals surface area (Å²) in [4.78, 5) is 24.3. The molecule has 0 aliphatic rings. The van der Waals surface area contributed by atoms with Crippen molar-refractivity contribution < 1.29 is 19.2 Å². The third-order valence-electron chi connectivity index (χ3n) is 3.58. The van der Waals surface area contributed by atoms with Gasteiger partial charge in [0.2, 0.25) is 0 Å². The Kier molecular flexibility index (Phi) is 6.51. The zero-order chi connectivity index (χ0) is 17.4. The van der Waals surface area contributed by atoms with E-state index in [9.17, 15) is 9.59 Å². The molecule has 2 rings (SSSR count). The lowest BCUT2D eigenvalue weighted by molar-refractivity contribution is -0.871. The molecule has 1 atom stereocenters. The van der Waals surface area contributed by atoms with E-state index in [1.807, 2.05) is 37.4 Å². The number of para-hydroxylation sites is 1. The molecule has 5 nitrogen and oxygen atoms in total. The van der Waals surface area contributed by atoms with Crippen LogP contribution in [0.25, 0.3) is 0 Å². The maximum absolute atomic E-state index is 12.0. The van der Waals surface area contributed by atoms with Crippen molar-refractivity contribution in [2.45, 2.75) is 6.92 Å². The average molecular weight is 327 g/mol. The van der Waals surface area contributed by atoms with Crippen molar-refractivity contribution in [2.24, 2.45) is 0 Å².